The maximum Gasteiger partial charge on any atom is 0.142 e. The largest absolute Gasteiger partial charge is 0.455 e. The molecular weight excluding hydrogens is 359 g/mol. The lowest BCUT2D eigenvalue weighted by Crippen LogP contribution is -1.87. The van der Waals surface area contributed by atoms with Crippen LogP contribution in [0, 0.1) is 12.7 Å². The molecule has 0 spiro atoms. The van der Waals surface area contributed by atoms with Crippen molar-refractivity contribution in [3.05, 3.63) is 108 Å². The Labute approximate surface area is 169 Å². The normalized spacial score (nSPS) is 11.1. The molecule has 0 bridgehead atoms. The highest BCUT2D eigenvalue weighted by molar-refractivity contribution is 5.98. The second kappa shape index (κ2) is 7.06. The van der Waals surface area contributed by atoms with Crippen LogP contribution in [0.15, 0.2) is 101 Å². The Morgan fingerprint density at radius 3 is 2.00 bits per heavy atom. The fraction of sp³-hybridized carbons (Fsp3) is 0.0370. The topological polar surface area (TPSA) is 13.1 Å². The van der Waals surface area contributed by atoms with Gasteiger partial charge in [0, 0.05) is 16.5 Å². The molecule has 1 heterocycles. The number of halogens is 1. The molecule has 0 saturated carbocycles. The predicted molar refractivity (Wildman–Crippen MR) is 117 cm³/mol. The smallest absolute Gasteiger partial charge is 0.142 e. The summed E-state index contributed by atoms with van der Waals surface area (Å²) in [4.78, 5) is 0. The van der Waals surface area contributed by atoms with Crippen molar-refractivity contribution in [2.75, 3.05) is 0 Å². The van der Waals surface area contributed by atoms with Crippen LogP contribution in [0.1, 0.15) is 5.56 Å². The molecule has 0 atom stereocenters. The quantitative estimate of drug-likeness (QED) is 0.311. The first-order valence-corrected chi connectivity index (χ1v) is 9.64. The van der Waals surface area contributed by atoms with Crippen molar-refractivity contribution in [2.24, 2.45) is 0 Å². The SMILES string of the molecule is Cc1cc(-c2cc(-c3ccccc3)cc3cc(-c4ccccc4)oc23)ccc1F. The van der Waals surface area contributed by atoms with Crippen molar-refractivity contribution in [1.82, 2.24) is 0 Å². The first kappa shape index (κ1) is 17.4. The summed E-state index contributed by atoms with van der Waals surface area (Å²) in [5, 5.41) is 1.03. The highest BCUT2D eigenvalue weighted by Gasteiger charge is 2.15. The minimum absolute atomic E-state index is 0.200. The van der Waals surface area contributed by atoms with E-state index in [-0.39, 0.29) is 5.82 Å². The molecule has 0 amide bonds. The number of furan rings is 1. The average molecular weight is 378 g/mol. The molecule has 5 rings (SSSR count). The standard InChI is InChI=1S/C27H19FO/c1-18-14-21(12-13-25(18)28)24-16-22(19-8-4-2-5-9-19)15-23-17-26(29-27(23)24)20-10-6-3-7-11-20/h2-17H,1H3. The van der Waals surface area contributed by atoms with E-state index >= 15 is 0 Å². The van der Waals surface area contributed by atoms with Gasteiger partial charge in [-0.05, 0) is 59.5 Å². The van der Waals surface area contributed by atoms with Gasteiger partial charge in [-0.2, -0.15) is 0 Å². The van der Waals surface area contributed by atoms with Gasteiger partial charge in [0.25, 0.3) is 0 Å². The predicted octanol–water partition coefficient (Wildman–Crippen LogP) is 7.88. The minimum Gasteiger partial charge on any atom is -0.455 e. The van der Waals surface area contributed by atoms with Crippen LogP contribution in [0.4, 0.5) is 4.39 Å². The molecular formula is C27H19FO. The van der Waals surface area contributed by atoms with Crippen molar-refractivity contribution >= 4 is 11.0 Å². The molecule has 2 heteroatoms. The molecule has 0 saturated heterocycles. The van der Waals surface area contributed by atoms with Gasteiger partial charge >= 0.3 is 0 Å². The Morgan fingerprint density at radius 1 is 0.621 bits per heavy atom. The van der Waals surface area contributed by atoms with Gasteiger partial charge in [-0.3, -0.25) is 0 Å². The third-order valence-electron chi connectivity index (χ3n) is 5.25. The molecule has 5 aromatic rings. The van der Waals surface area contributed by atoms with Crippen LogP contribution < -0.4 is 0 Å². The number of benzene rings is 4. The van der Waals surface area contributed by atoms with Crippen LogP contribution in [0.2, 0.25) is 0 Å². The van der Waals surface area contributed by atoms with Crippen LogP contribution >= 0.6 is 0 Å². The van der Waals surface area contributed by atoms with Gasteiger partial charge < -0.3 is 4.42 Å². The molecule has 4 aromatic carbocycles. The lowest BCUT2D eigenvalue weighted by Gasteiger charge is -2.09. The average Bonchev–Trinajstić information content (AvgIpc) is 3.20. The minimum atomic E-state index is -0.200. The summed E-state index contributed by atoms with van der Waals surface area (Å²) in [5.74, 6) is 0.625. The summed E-state index contributed by atoms with van der Waals surface area (Å²) in [6.07, 6.45) is 0. The van der Waals surface area contributed by atoms with E-state index < -0.39 is 0 Å². The summed E-state index contributed by atoms with van der Waals surface area (Å²) in [6, 6.07) is 31.9. The van der Waals surface area contributed by atoms with Crippen LogP contribution in [-0.4, -0.2) is 0 Å². The highest BCUT2D eigenvalue weighted by atomic mass is 19.1. The van der Waals surface area contributed by atoms with Gasteiger partial charge in [-0.1, -0.05) is 66.7 Å². The number of hydrogen-bond acceptors (Lipinski definition) is 1. The highest BCUT2D eigenvalue weighted by Crippen LogP contribution is 2.38. The van der Waals surface area contributed by atoms with Gasteiger partial charge in [-0.25, -0.2) is 4.39 Å². The van der Waals surface area contributed by atoms with Crippen LogP contribution in [0.5, 0.6) is 0 Å². The molecule has 0 aliphatic carbocycles. The third kappa shape index (κ3) is 3.23. The number of hydrogen-bond donors (Lipinski definition) is 0. The zero-order valence-electron chi connectivity index (χ0n) is 16.0. The van der Waals surface area contributed by atoms with Crippen molar-refractivity contribution in [2.45, 2.75) is 6.92 Å². The number of rotatable bonds is 3. The summed E-state index contributed by atoms with van der Waals surface area (Å²) in [7, 11) is 0. The third-order valence-corrected chi connectivity index (χ3v) is 5.25. The molecule has 0 fully saturated rings. The molecule has 140 valence electrons. The maximum atomic E-state index is 13.9. The van der Waals surface area contributed by atoms with Gasteiger partial charge in [0.2, 0.25) is 0 Å². The zero-order chi connectivity index (χ0) is 19.8. The zero-order valence-corrected chi connectivity index (χ0v) is 16.0. The molecule has 29 heavy (non-hydrogen) atoms. The fourth-order valence-electron chi connectivity index (χ4n) is 3.72. The van der Waals surface area contributed by atoms with E-state index in [4.69, 9.17) is 4.42 Å². The first-order valence-electron chi connectivity index (χ1n) is 9.64. The summed E-state index contributed by atoms with van der Waals surface area (Å²) in [6.45, 7) is 1.79. The molecule has 1 aromatic heterocycles. The van der Waals surface area contributed by atoms with E-state index in [1.807, 2.05) is 60.7 Å². The summed E-state index contributed by atoms with van der Waals surface area (Å²) >= 11 is 0. The molecule has 0 aliphatic heterocycles. The Balaban J connectivity index is 1.78. The maximum absolute atomic E-state index is 13.9. The van der Waals surface area contributed by atoms with Crippen molar-refractivity contribution in [1.29, 1.82) is 0 Å². The Morgan fingerprint density at radius 2 is 1.31 bits per heavy atom. The Bertz CT molecular complexity index is 1300. The monoisotopic (exact) mass is 378 g/mol. The van der Waals surface area contributed by atoms with E-state index in [0.29, 0.717) is 5.56 Å². The number of fused-ring (bicyclic) bond motifs is 1. The second-order valence-corrected chi connectivity index (χ2v) is 7.25. The van der Waals surface area contributed by atoms with E-state index in [0.717, 1.165) is 44.5 Å². The molecule has 0 radical (unpaired) electrons. The first-order chi connectivity index (χ1) is 14.2. The second-order valence-electron chi connectivity index (χ2n) is 7.25. The number of aryl methyl sites for hydroxylation is 1. The Kier molecular flexibility index (Phi) is 4.25. The van der Waals surface area contributed by atoms with Crippen LogP contribution in [0.25, 0.3) is 44.5 Å². The summed E-state index contributed by atoms with van der Waals surface area (Å²) < 4.78 is 20.2. The van der Waals surface area contributed by atoms with Crippen molar-refractivity contribution in [3.8, 4) is 33.6 Å². The fourth-order valence-corrected chi connectivity index (χ4v) is 3.72. The van der Waals surface area contributed by atoms with Crippen LogP contribution in [0.3, 0.4) is 0 Å². The van der Waals surface area contributed by atoms with E-state index in [9.17, 15) is 4.39 Å². The lowest BCUT2D eigenvalue weighted by molar-refractivity contribution is 0.618. The van der Waals surface area contributed by atoms with Crippen LogP contribution in [-0.2, 0) is 0 Å². The summed E-state index contributed by atoms with van der Waals surface area (Å²) in [5.41, 5.74) is 6.62. The molecule has 0 unspecified atom stereocenters. The van der Waals surface area contributed by atoms with Gasteiger partial charge in [-0.15, -0.1) is 0 Å². The van der Waals surface area contributed by atoms with Crippen molar-refractivity contribution in [3.63, 3.8) is 0 Å². The lowest BCUT2D eigenvalue weighted by atomic mass is 9.96. The van der Waals surface area contributed by atoms with E-state index in [1.54, 1.807) is 6.92 Å². The Hall–Kier alpha value is -3.65. The van der Waals surface area contributed by atoms with Gasteiger partial charge in [0.05, 0.1) is 0 Å². The van der Waals surface area contributed by atoms with E-state index in [1.165, 1.54) is 6.07 Å². The van der Waals surface area contributed by atoms with Crippen molar-refractivity contribution < 1.29 is 8.81 Å². The molecule has 1 nitrogen and oxygen atoms in total. The molecule has 0 N–H and O–H groups in total. The van der Waals surface area contributed by atoms with E-state index in [2.05, 4.69) is 30.3 Å². The molecule has 0 aliphatic rings. The van der Waals surface area contributed by atoms with Gasteiger partial charge in [0.15, 0.2) is 0 Å². The van der Waals surface area contributed by atoms with Gasteiger partial charge in [0.1, 0.15) is 17.2 Å².